The Balaban J connectivity index is 1.81. The summed E-state index contributed by atoms with van der Waals surface area (Å²) in [6.07, 6.45) is 1.35. The van der Waals surface area contributed by atoms with Gasteiger partial charge in [-0.1, -0.05) is 0 Å². The molecule has 0 saturated carbocycles. The van der Waals surface area contributed by atoms with Crippen molar-refractivity contribution in [3.8, 4) is 5.75 Å². The van der Waals surface area contributed by atoms with Crippen LogP contribution in [0, 0.1) is 17.0 Å². The molecule has 3 rings (SSSR count). The van der Waals surface area contributed by atoms with Gasteiger partial charge in [0, 0.05) is 11.5 Å². The highest BCUT2D eigenvalue weighted by Crippen LogP contribution is 2.24. The number of ether oxygens (including phenoxy) is 1. The number of aryl methyl sites for hydroxylation is 1. The molecule has 0 aliphatic heterocycles. The Morgan fingerprint density at radius 3 is 2.88 bits per heavy atom. The Morgan fingerprint density at radius 2 is 2.17 bits per heavy atom. The molecule has 1 N–H and O–H groups in total. The van der Waals surface area contributed by atoms with Gasteiger partial charge < -0.3 is 9.15 Å². The summed E-state index contributed by atoms with van der Waals surface area (Å²) in [6.45, 7) is 1.97. The van der Waals surface area contributed by atoms with Gasteiger partial charge in [-0.25, -0.2) is 4.98 Å². The summed E-state index contributed by atoms with van der Waals surface area (Å²) in [7, 11) is 1.60. The fourth-order valence-electron chi connectivity index (χ4n) is 2.24. The second kappa shape index (κ2) is 6.37. The highest BCUT2D eigenvalue weighted by Gasteiger charge is 2.10. The van der Waals surface area contributed by atoms with Gasteiger partial charge in [-0.2, -0.15) is 5.10 Å². The summed E-state index contributed by atoms with van der Waals surface area (Å²) < 4.78 is 10.2. The van der Waals surface area contributed by atoms with Gasteiger partial charge in [0.15, 0.2) is 5.76 Å². The van der Waals surface area contributed by atoms with Crippen LogP contribution in [-0.4, -0.2) is 23.2 Å². The van der Waals surface area contributed by atoms with Crippen molar-refractivity contribution in [1.29, 1.82) is 0 Å². The van der Waals surface area contributed by atoms with Crippen LogP contribution in [-0.2, 0) is 0 Å². The van der Waals surface area contributed by atoms with Crippen LogP contribution in [0.3, 0.4) is 0 Å². The maximum absolute atomic E-state index is 10.6. The third-order valence-electron chi connectivity index (χ3n) is 3.39. The first-order chi connectivity index (χ1) is 11.6. The van der Waals surface area contributed by atoms with Crippen molar-refractivity contribution < 1.29 is 14.1 Å². The van der Waals surface area contributed by atoms with Gasteiger partial charge in [0.25, 0.3) is 0 Å². The average molecular weight is 326 g/mol. The molecule has 24 heavy (non-hydrogen) atoms. The van der Waals surface area contributed by atoms with Crippen molar-refractivity contribution in [2.24, 2.45) is 5.10 Å². The second-order valence-electron chi connectivity index (χ2n) is 5.01. The number of rotatable bonds is 5. The van der Waals surface area contributed by atoms with E-state index in [-0.39, 0.29) is 11.6 Å². The van der Waals surface area contributed by atoms with Gasteiger partial charge in [-0.05, 0) is 36.8 Å². The first-order valence-electron chi connectivity index (χ1n) is 7.05. The number of fused-ring (bicyclic) bond motifs is 1. The number of hydrogen-bond donors (Lipinski definition) is 1. The van der Waals surface area contributed by atoms with E-state index in [9.17, 15) is 10.1 Å². The van der Waals surface area contributed by atoms with E-state index in [1.807, 2.05) is 31.2 Å². The van der Waals surface area contributed by atoms with Crippen molar-refractivity contribution in [1.82, 2.24) is 4.98 Å². The monoisotopic (exact) mass is 326 g/mol. The SMILES string of the molecule is COc1ccc2c(C)cc(N/N=C/c3ccc([N+](=O)[O-])o3)nc2c1. The topological polar surface area (TPSA) is 103 Å². The summed E-state index contributed by atoms with van der Waals surface area (Å²) in [5.41, 5.74) is 4.60. The number of benzene rings is 1. The van der Waals surface area contributed by atoms with Gasteiger partial charge in [0.05, 0.1) is 24.9 Å². The van der Waals surface area contributed by atoms with E-state index in [0.717, 1.165) is 22.2 Å². The predicted octanol–water partition coefficient (Wildman–Crippen LogP) is 3.50. The lowest BCUT2D eigenvalue weighted by atomic mass is 10.1. The Labute approximate surface area is 136 Å². The van der Waals surface area contributed by atoms with Crippen LogP contribution in [0.15, 0.2) is 45.9 Å². The molecule has 0 aliphatic rings. The quantitative estimate of drug-likeness (QED) is 0.437. The van der Waals surface area contributed by atoms with E-state index < -0.39 is 4.92 Å². The largest absolute Gasteiger partial charge is 0.497 e. The van der Waals surface area contributed by atoms with E-state index in [2.05, 4.69) is 15.5 Å². The third-order valence-corrected chi connectivity index (χ3v) is 3.39. The number of pyridine rings is 1. The highest BCUT2D eigenvalue weighted by atomic mass is 16.6. The van der Waals surface area contributed by atoms with Gasteiger partial charge in [-0.15, -0.1) is 0 Å². The molecular formula is C16H14N4O4. The van der Waals surface area contributed by atoms with Crippen LogP contribution in [0.5, 0.6) is 5.75 Å². The third kappa shape index (κ3) is 3.17. The lowest BCUT2D eigenvalue weighted by Crippen LogP contribution is -1.95. The van der Waals surface area contributed by atoms with Crippen LogP contribution in [0.25, 0.3) is 10.9 Å². The maximum Gasteiger partial charge on any atom is 0.433 e. The normalized spacial score (nSPS) is 11.1. The summed E-state index contributed by atoms with van der Waals surface area (Å²) >= 11 is 0. The highest BCUT2D eigenvalue weighted by molar-refractivity contribution is 5.85. The Hall–Kier alpha value is -3.42. The number of anilines is 1. The zero-order chi connectivity index (χ0) is 17.1. The van der Waals surface area contributed by atoms with Gasteiger partial charge in [0.2, 0.25) is 0 Å². The molecule has 2 heterocycles. The molecule has 122 valence electrons. The smallest absolute Gasteiger partial charge is 0.433 e. The van der Waals surface area contributed by atoms with E-state index in [1.165, 1.54) is 18.3 Å². The number of methoxy groups -OCH3 is 1. The molecule has 8 heteroatoms. The minimum Gasteiger partial charge on any atom is -0.497 e. The summed E-state index contributed by atoms with van der Waals surface area (Å²) in [5, 5.41) is 15.6. The molecule has 8 nitrogen and oxygen atoms in total. The molecule has 0 aliphatic carbocycles. The summed E-state index contributed by atoms with van der Waals surface area (Å²) in [6, 6.07) is 10.3. The van der Waals surface area contributed by atoms with Crippen LogP contribution in [0.2, 0.25) is 0 Å². The number of nitro groups is 1. The van der Waals surface area contributed by atoms with Crippen LogP contribution in [0.4, 0.5) is 11.7 Å². The molecule has 1 aromatic carbocycles. The van der Waals surface area contributed by atoms with Crippen LogP contribution >= 0.6 is 0 Å². The van der Waals surface area contributed by atoms with Crippen molar-refractivity contribution in [3.05, 3.63) is 57.8 Å². The standard InChI is InChI=1S/C16H14N4O4/c1-10-7-15(18-14-8-11(23-2)3-5-13(10)14)19-17-9-12-4-6-16(24-12)20(21)22/h3-9H,1-2H3,(H,18,19)/b17-9+. The zero-order valence-electron chi connectivity index (χ0n) is 13.0. The second-order valence-corrected chi connectivity index (χ2v) is 5.01. The molecule has 0 amide bonds. The van der Waals surface area contributed by atoms with Crippen molar-refractivity contribution in [2.45, 2.75) is 6.92 Å². The number of aromatic nitrogens is 1. The lowest BCUT2D eigenvalue weighted by molar-refractivity contribution is -0.402. The number of hydrazone groups is 1. The predicted molar refractivity (Wildman–Crippen MR) is 89.6 cm³/mol. The number of nitrogens with zero attached hydrogens (tertiary/aromatic N) is 3. The van der Waals surface area contributed by atoms with E-state index in [0.29, 0.717) is 5.82 Å². The first kappa shape index (κ1) is 15.5. The molecule has 0 unspecified atom stereocenters. The molecule has 0 spiro atoms. The van der Waals surface area contributed by atoms with Crippen molar-refractivity contribution in [3.63, 3.8) is 0 Å². The van der Waals surface area contributed by atoms with Crippen LogP contribution < -0.4 is 10.2 Å². The van der Waals surface area contributed by atoms with E-state index in [4.69, 9.17) is 9.15 Å². The number of hydrogen-bond acceptors (Lipinski definition) is 7. The fourth-order valence-corrected chi connectivity index (χ4v) is 2.24. The van der Waals surface area contributed by atoms with E-state index >= 15 is 0 Å². The lowest BCUT2D eigenvalue weighted by Gasteiger charge is -2.07. The zero-order valence-corrected chi connectivity index (χ0v) is 13.0. The summed E-state index contributed by atoms with van der Waals surface area (Å²) in [5.74, 6) is 1.21. The minimum absolute atomic E-state index is 0.272. The average Bonchev–Trinajstić information content (AvgIpc) is 3.03. The molecule has 3 aromatic rings. The molecule has 0 saturated heterocycles. The maximum atomic E-state index is 10.6. The molecule has 0 radical (unpaired) electrons. The summed E-state index contributed by atoms with van der Waals surface area (Å²) in [4.78, 5) is 14.4. The van der Waals surface area contributed by atoms with Gasteiger partial charge in [0.1, 0.15) is 16.5 Å². The van der Waals surface area contributed by atoms with Gasteiger partial charge >= 0.3 is 5.88 Å². The Morgan fingerprint density at radius 1 is 1.33 bits per heavy atom. The number of nitrogens with one attached hydrogen (secondary N) is 1. The molecule has 0 fully saturated rings. The number of furan rings is 1. The molecule has 2 aromatic heterocycles. The van der Waals surface area contributed by atoms with Crippen molar-refractivity contribution >= 4 is 28.8 Å². The Kier molecular flexibility index (Phi) is 4.11. The van der Waals surface area contributed by atoms with Gasteiger partial charge in [-0.3, -0.25) is 15.5 Å². The van der Waals surface area contributed by atoms with Crippen LogP contribution in [0.1, 0.15) is 11.3 Å². The minimum atomic E-state index is -0.605. The van der Waals surface area contributed by atoms with Crippen molar-refractivity contribution in [2.75, 3.05) is 12.5 Å². The van der Waals surface area contributed by atoms with E-state index in [1.54, 1.807) is 7.11 Å². The molecule has 0 atom stereocenters. The first-order valence-corrected chi connectivity index (χ1v) is 7.05. The Bertz CT molecular complexity index is 933. The fraction of sp³-hybridized carbons (Fsp3) is 0.125. The molecular weight excluding hydrogens is 312 g/mol. The molecule has 0 bridgehead atoms.